The zero-order valence-electron chi connectivity index (χ0n) is 11.2. The molecule has 0 radical (unpaired) electrons. The van der Waals surface area contributed by atoms with Gasteiger partial charge in [-0.15, -0.1) is 11.3 Å². The van der Waals surface area contributed by atoms with Crippen LogP contribution in [0.5, 0.6) is 0 Å². The molecule has 0 saturated heterocycles. The molecule has 2 heterocycles. The van der Waals surface area contributed by atoms with Gasteiger partial charge in [0.25, 0.3) is 0 Å². The zero-order chi connectivity index (χ0) is 15.4. The van der Waals surface area contributed by atoms with Crippen LogP contribution in [0.2, 0.25) is 5.02 Å². The predicted molar refractivity (Wildman–Crippen MR) is 92.1 cm³/mol. The number of halogens is 1. The van der Waals surface area contributed by atoms with Crippen LogP contribution in [0.3, 0.4) is 0 Å². The molecule has 5 nitrogen and oxygen atoms in total. The van der Waals surface area contributed by atoms with Gasteiger partial charge in [0.15, 0.2) is 5.11 Å². The molecule has 0 unspecified atom stereocenters. The monoisotopic (exact) mass is 350 g/mol. The third kappa shape index (κ3) is 3.62. The van der Waals surface area contributed by atoms with Crippen molar-refractivity contribution in [2.75, 3.05) is 5.32 Å². The van der Waals surface area contributed by atoms with E-state index < -0.39 is 0 Å². The summed E-state index contributed by atoms with van der Waals surface area (Å²) >= 11 is 12.8. The zero-order valence-corrected chi connectivity index (χ0v) is 13.6. The number of nitrogens with one attached hydrogen (secondary N) is 2. The van der Waals surface area contributed by atoms with Crippen molar-refractivity contribution in [3.05, 3.63) is 52.7 Å². The number of hydrogen-bond donors (Lipinski definition) is 2. The summed E-state index contributed by atoms with van der Waals surface area (Å²) in [6, 6.07) is 11.2. The molecular weight excluding hydrogens is 340 g/mol. The Labute approximate surface area is 141 Å². The van der Waals surface area contributed by atoms with Crippen LogP contribution in [0.25, 0.3) is 10.7 Å². The van der Waals surface area contributed by atoms with Crippen LogP contribution in [-0.2, 0) is 6.54 Å². The van der Waals surface area contributed by atoms with Gasteiger partial charge in [0.1, 0.15) is 0 Å². The van der Waals surface area contributed by atoms with E-state index in [0.29, 0.717) is 28.4 Å². The molecule has 0 atom stereocenters. The highest BCUT2D eigenvalue weighted by Gasteiger charge is 2.09. The maximum Gasteiger partial charge on any atom is 0.246 e. The second-order valence-corrected chi connectivity index (χ2v) is 6.04. The highest BCUT2D eigenvalue weighted by atomic mass is 35.5. The summed E-state index contributed by atoms with van der Waals surface area (Å²) in [6.07, 6.45) is 0. The van der Waals surface area contributed by atoms with E-state index in [1.807, 2.05) is 35.7 Å². The highest BCUT2D eigenvalue weighted by Crippen LogP contribution is 2.21. The molecule has 22 heavy (non-hydrogen) atoms. The van der Waals surface area contributed by atoms with E-state index >= 15 is 0 Å². The van der Waals surface area contributed by atoms with Gasteiger partial charge in [0.2, 0.25) is 11.7 Å². The van der Waals surface area contributed by atoms with Crippen molar-refractivity contribution >= 4 is 46.0 Å². The second kappa shape index (κ2) is 6.87. The topological polar surface area (TPSA) is 63.0 Å². The molecule has 3 rings (SSSR count). The Morgan fingerprint density at radius 1 is 1.27 bits per heavy atom. The molecule has 2 aromatic heterocycles. The van der Waals surface area contributed by atoms with Gasteiger partial charge < -0.3 is 15.2 Å². The number of hydrogen-bond acceptors (Lipinski definition) is 5. The molecule has 0 aliphatic heterocycles. The van der Waals surface area contributed by atoms with Gasteiger partial charge in [-0.1, -0.05) is 35.0 Å². The SMILES string of the molecule is S=C(NCc1nc(-c2cccs2)no1)Nc1ccccc1Cl. The van der Waals surface area contributed by atoms with Crippen LogP contribution in [0.4, 0.5) is 5.69 Å². The van der Waals surface area contributed by atoms with Gasteiger partial charge in [-0.05, 0) is 35.8 Å². The summed E-state index contributed by atoms with van der Waals surface area (Å²) in [7, 11) is 0. The molecule has 1 aromatic carbocycles. The number of para-hydroxylation sites is 1. The van der Waals surface area contributed by atoms with Gasteiger partial charge in [0, 0.05) is 0 Å². The van der Waals surface area contributed by atoms with E-state index in [1.165, 1.54) is 0 Å². The number of aromatic nitrogens is 2. The van der Waals surface area contributed by atoms with E-state index in [-0.39, 0.29) is 0 Å². The average molecular weight is 351 g/mol. The standard InChI is InChI=1S/C14H11ClN4OS2/c15-9-4-1-2-5-10(9)17-14(21)16-8-12-18-13(19-20-12)11-6-3-7-22-11/h1-7H,8H2,(H2,16,17,21). The number of nitrogens with zero attached hydrogens (tertiary/aromatic N) is 2. The smallest absolute Gasteiger partial charge is 0.246 e. The molecule has 0 spiro atoms. The normalized spacial score (nSPS) is 10.4. The summed E-state index contributed by atoms with van der Waals surface area (Å²) in [5.41, 5.74) is 0.742. The van der Waals surface area contributed by atoms with E-state index in [2.05, 4.69) is 20.8 Å². The molecular formula is C14H11ClN4OS2. The first-order chi connectivity index (χ1) is 10.7. The molecule has 0 amide bonds. The van der Waals surface area contributed by atoms with Gasteiger partial charge in [0.05, 0.1) is 22.1 Å². The van der Waals surface area contributed by atoms with Crippen molar-refractivity contribution in [3.63, 3.8) is 0 Å². The first-order valence-electron chi connectivity index (χ1n) is 6.38. The quantitative estimate of drug-likeness (QED) is 0.695. The molecule has 0 aliphatic carbocycles. The van der Waals surface area contributed by atoms with E-state index in [0.717, 1.165) is 10.6 Å². The summed E-state index contributed by atoms with van der Waals surface area (Å²) in [5.74, 6) is 1.04. The lowest BCUT2D eigenvalue weighted by Crippen LogP contribution is -2.28. The van der Waals surface area contributed by atoms with Gasteiger partial charge in [-0.3, -0.25) is 0 Å². The van der Waals surface area contributed by atoms with Gasteiger partial charge in [-0.2, -0.15) is 4.98 Å². The summed E-state index contributed by atoms with van der Waals surface area (Å²) < 4.78 is 5.18. The van der Waals surface area contributed by atoms with Crippen molar-refractivity contribution in [3.8, 4) is 10.7 Å². The van der Waals surface area contributed by atoms with Crippen LogP contribution in [-0.4, -0.2) is 15.3 Å². The first-order valence-corrected chi connectivity index (χ1v) is 8.05. The maximum absolute atomic E-state index is 6.06. The van der Waals surface area contributed by atoms with Gasteiger partial charge in [-0.25, -0.2) is 0 Å². The lowest BCUT2D eigenvalue weighted by molar-refractivity contribution is 0.376. The predicted octanol–water partition coefficient (Wildman–Crippen LogP) is 3.94. The Kier molecular flexibility index (Phi) is 4.67. The van der Waals surface area contributed by atoms with Crippen molar-refractivity contribution in [2.24, 2.45) is 0 Å². The number of thiophene rings is 1. The van der Waals surface area contributed by atoms with Crippen molar-refractivity contribution < 1.29 is 4.52 Å². The van der Waals surface area contributed by atoms with Crippen LogP contribution in [0.15, 0.2) is 46.3 Å². The van der Waals surface area contributed by atoms with Crippen molar-refractivity contribution in [2.45, 2.75) is 6.54 Å². The Bertz CT molecular complexity index is 773. The third-order valence-electron chi connectivity index (χ3n) is 2.73. The minimum absolute atomic E-state index is 0.342. The molecule has 2 N–H and O–H groups in total. The van der Waals surface area contributed by atoms with Crippen molar-refractivity contribution in [1.82, 2.24) is 15.5 Å². The fourth-order valence-electron chi connectivity index (χ4n) is 1.72. The van der Waals surface area contributed by atoms with Crippen LogP contribution >= 0.6 is 35.2 Å². The fraction of sp³-hybridized carbons (Fsp3) is 0.0714. The van der Waals surface area contributed by atoms with Crippen LogP contribution in [0.1, 0.15) is 5.89 Å². The maximum atomic E-state index is 6.06. The Balaban J connectivity index is 1.56. The minimum Gasteiger partial charge on any atom is -0.353 e. The first kappa shape index (κ1) is 15.0. The Morgan fingerprint density at radius 2 is 2.14 bits per heavy atom. The molecule has 112 valence electrons. The molecule has 0 bridgehead atoms. The lowest BCUT2D eigenvalue weighted by Gasteiger charge is -2.09. The molecule has 0 saturated carbocycles. The fourth-order valence-corrected chi connectivity index (χ4v) is 2.73. The number of rotatable bonds is 4. The second-order valence-electron chi connectivity index (χ2n) is 4.28. The van der Waals surface area contributed by atoms with Gasteiger partial charge >= 0.3 is 0 Å². The number of benzene rings is 1. The minimum atomic E-state index is 0.342. The van der Waals surface area contributed by atoms with E-state index in [4.69, 9.17) is 28.3 Å². The molecule has 3 aromatic rings. The summed E-state index contributed by atoms with van der Waals surface area (Å²) in [6.45, 7) is 0.342. The Hall–Kier alpha value is -1.96. The average Bonchev–Trinajstić information content (AvgIpc) is 3.18. The summed E-state index contributed by atoms with van der Waals surface area (Å²) in [5, 5.41) is 13.0. The summed E-state index contributed by atoms with van der Waals surface area (Å²) in [4.78, 5) is 5.27. The van der Waals surface area contributed by atoms with Crippen molar-refractivity contribution in [1.29, 1.82) is 0 Å². The lowest BCUT2D eigenvalue weighted by atomic mass is 10.3. The third-order valence-corrected chi connectivity index (χ3v) is 4.17. The number of anilines is 1. The molecule has 0 fully saturated rings. The van der Waals surface area contributed by atoms with E-state index in [1.54, 1.807) is 17.4 Å². The highest BCUT2D eigenvalue weighted by molar-refractivity contribution is 7.80. The number of thiocarbonyl (C=S) groups is 1. The molecule has 0 aliphatic rings. The van der Waals surface area contributed by atoms with E-state index in [9.17, 15) is 0 Å². The van der Waals surface area contributed by atoms with Crippen LogP contribution in [0, 0.1) is 0 Å². The van der Waals surface area contributed by atoms with Crippen LogP contribution < -0.4 is 10.6 Å². The molecule has 8 heteroatoms. The largest absolute Gasteiger partial charge is 0.353 e. The Morgan fingerprint density at radius 3 is 2.91 bits per heavy atom.